The highest BCUT2D eigenvalue weighted by Gasteiger charge is 2.46. The van der Waals surface area contributed by atoms with Crippen LogP contribution in [0.1, 0.15) is 26.7 Å². The molecule has 20 heavy (non-hydrogen) atoms. The summed E-state index contributed by atoms with van der Waals surface area (Å²) < 4.78 is 14.5. The first-order valence-electron chi connectivity index (χ1n) is 6.39. The van der Waals surface area contributed by atoms with Crippen LogP contribution >= 0.6 is 0 Å². The van der Waals surface area contributed by atoms with Gasteiger partial charge in [-0.2, -0.15) is 0 Å². The zero-order chi connectivity index (χ0) is 15.3. The van der Waals surface area contributed by atoms with Gasteiger partial charge in [0.05, 0.1) is 0 Å². The molecular weight excluding hydrogens is 272 g/mol. The number of ether oxygens (including phenoxy) is 3. The Labute approximate surface area is 116 Å². The average Bonchev–Trinajstić information content (AvgIpc) is 2.37. The van der Waals surface area contributed by atoms with E-state index in [4.69, 9.17) is 9.47 Å². The minimum absolute atomic E-state index is 0.128. The van der Waals surface area contributed by atoms with Gasteiger partial charge in [0.15, 0.2) is 12.4 Å². The molecule has 1 saturated heterocycles. The average molecular weight is 292 g/mol. The van der Waals surface area contributed by atoms with Gasteiger partial charge in [0.25, 0.3) is 0 Å². The van der Waals surface area contributed by atoms with E-state index in [1.807, 2.05) is 0 Å². The van der Waals surface area contributed by atoms with Gasteiger partial charge in [0.1, 0.15) is 24.9 Å². The maximum absolute atomic E-state index is 11.4. The third kappa shape index (κ3) is 4.41. The van der Waals surface area contributed by atoms with Crippen LogP contribution < -0.4 is 0 Å². The highest BCUT2D eigenvalue weighted by atomic mass is 16.7. The summed E-state index contributed by atoms with van der Waals surface area (Å²) in [4.78, 5) is 22.0. The van der Waals surface area contributed by atoms with Gasteiger partial charge in [-0.25, -0.2) is 0 Å². The van der Waals surface area contributed by atoms with Crippen molar-refractivity contribution in [2.75, 3.05) is 6.61 Å². The first kappa shape index (κ1) is 16.8. The zero-order valence-electron chi connectivity index (χ0n) is 11.4. The van der Waals surface area contributed by atoms with Gasteiger partial charge in [-0.15, -0.1) is 0 Å². The van der Waals surface area contributed by atoms with E-state index in [1.54, 1.807) is 6.92 Å². The highest BCUT2D eigenvalue weighted by molar-refractivity contribution is 5.69. The van der Waals surface area contributed by atoms with Gasteiger partial charge in [-0.05, 0) is 6.42 Å². The van der Waals surface area contributed by atoms with E-state index in [0.717, 1.165) is 0 Å². The molecule has 0 saturated carbocycles. The first-order chi connectivity index (χ1) is 9.36. The minimum atomic E-state index is -1.60. The lowest BCUT2D eigenvalue weighted by Crippen LogP contribution is -2.60. The summed E-state index contributed by atoms with van der Waals surface area (Å²) >= 11 is 0. The van der Waals surface area contributed by atoms with E-state index in [9.17, 15) is 24.9 Å². The summed E-state index contributed by atoms with van der Waals surface area (Å²) in [5, 5.41) is 29.4. The molecule has 1 heterocycles. The number of aliphatic hydroxyl groups is 3. The topological polar surface area (TPSA) is 123 Å². The highest BCUT2D eigenvalue weighted by Crippen LogP contribution is 2.23. The maximum Gasteiger partial charge on any atom is 0.306 e. The molecule has 0 aromatic heterocycles. The van der Waals surface area contributed by atoms with Crippen molar-refractivity contribution in [3.63, 3.8) is 0 Å². The Morgan fingerprint density at radius 1 is 1.20 bits per heavy atom. The Balaban J connectivity index is 2.61. The van der Waals surface area contributed by atoms with Crippen molar-refractivity contribution in [3.05, 3.63) is 0 Å². The van der Waals surface area contributed by atoms with E-state index in [0.29, 0.717) is 6.42 Å². The monoisotopic (exact) mass is 292 g/mol. The standard InChI is InChI=1S/C12H20O8/c1-3-4-8(14)20-11-10(16)9(15)7(19-12(11)17)5-18-6(2)13/h7,9-12,15-17H,3-5H2,1-2H3/t7-,9-,10+,11-,12+/m0/s1. The van der Waals surface area contributed by atoms with Crippen molar-refractivity contribution in [3.8, 4) is 0 Å². The van der Waals surface area contributed by atoms with Crippen molar-refractivity contribution in [2.24, 2.45) is 0 Å². The fraction of sp³-hybridized carbons (Fsp3) is 0.833. The lowest BCUT2D eigenvalue weighted by Gasteiger charge is -2.39. The number of carbonyl (C=O) groups is 2. The maximum atomic E-state index is 11.4. The molecule has 0 spiro atoms. The smallest absolute Gasteiger partial charge is 0.306 e. The van der Waals surface area contributed by atoms with Crippen LogP contribution in [0.2, 0.25) is 0 Å². The summed E-state index contributed by atoms with van der Waals surface area (Å²) in [7, 11) is 0. The molecule has 1 rings (SSSR count). The molecule has 0 amide bonds. The molecule has 8 nitrogen and oxygen atoms in total. The molecular formula is C12H20O8. The van der Waals surface area contributed by atoms with Gasteiger partial charge in [-0.1, -0.05) is 6.92 Å². The minimum Gasteiger partial charge on any atom is -0.463 e. The number of hydrogen-bond acceptors (Lipinski definition) is 8. The molecule has 5 atom stereocenters. The van der Waals surface area contributed by atoms with Gasteiger partial charge >= 0.3 is 11.9 Å². The molecule has 0 radical (unpaired) electrons. The predicted octanol–water partition coefficient (Wildman–Crippen LogP) is -1.30. The Morgan fingerprint density at radius 3 is 2.40 bits per heavy atom. The molecule has 1 aliphatic heterocycles. The first-order valence-corrected chi connectivity index (χ1v) is 6.39. The number of carbonyl (C=O) groups excluding carboxylic acids is 2. The molecule has 1 fully saturated rings. The molecule has 0 aliphatic carbocycles. The summed E-state index contributed by atoms with van der Waals surface area (Å²) in [6.45, 7) is 2.63. The molecule has 0 bridgehead atoms. The Hall–Kier alpha value is -1.22. The predicted molar refractivity (Wildman–Crippen MR) is 64.3 cm³/mol. The quantitative estimate of drug-likeness (QED) is 0.534. The lowest BCUT2D eigenvalue weighted by atomic mass is 9.99. The van der Waals surface area contributed by atoms with Crippen molar-refractivity contribution in [2.45, 2.75) is 57.4 Å². The Bertz CT molecular complexity index is 344. The SMILES string of the molecule is CCCC(=O)O[C@H]1[C@H](O)[C@@H](O)[C@H](COC(C)=O)O[C@H]1O. The van der Waals surface area contributed by atoms with Crippen molar-refractivity contribution in [1.29, 1.82) is 0 Å². The summed E-state index contributed by atoms with van der Waals surface area (Å²) in [5.74, 6) is -1.19. The number of rotatable bonds is 5. The second-order valence-corrected chi connectivity index (χ2v) is 4.55. The summed E-state index contributed by atoms with van der Waals surface area (Å²) in [6.07, 6.45) is -6.37. The Kier molecular flexibility index (Phi) is 6.34. The second kappa shape index (κ2) is 7.53. The normalized spacial score (nSPS) is 33.5. The molecule has 3 N–H and O–H groups in total. The van der Waals surface area contributed by atoms with Gasteiger partial charge in [0.2, 0.25) is 0 Å². The van der Waals surface area contributed by atoms with E-state index in [2.05, 4.69) is 4.74 Å². The zero-order valence-corrected chi connectivity index (χ0v) is 11.4. The van der Waals surface area contributed by atoms with E-state index >= 15 is 0 Å². The van der Waals surface area contributed by atoms with E-state index in [1.165, 1.54) is 6.92 Å². The van der Waals surface area contributed by atoms with Gasteiger partial charge in [-0.3, -0.25) is 9.59 Å². The van der Waals surface area contributed by atoms with Gasteiger partial charge in [0, 0.05) is 13.3 Å². The summed E-state index contributed by atoms with van der Waals surface area (Å²) in [5.41, 5.74) is 0. The molecule has 8 heteroatoms. The summed E-state index contributed by atoms with van der Waals surface area (Å²) in [6, 6.07) is 0. The number of esters is 2. The van der Waals surface area contributed by atoms with Crippen LogP contribution in [0.5, 0.6) is 0 Å². The molecule has 0 unspecified atom stereocenters. The van der Waals surface area contributed by atoms with Crippen LogP contribution in [0.3, 0.4) is 0 Å². The number of aliphatic hydroxyl groups excluding tert-OH is 3. The van der Waals surface area contributed by atoms with Crippen LogP contribution in [0.15, 0.2) is 0 Å². The molecule has 1 aliphatic rings. The van der Waals surface area contributed by atoms with Crippen LogP contribution in [0.4, 0.5) is 0 Å². The van der Waals surface area contributed by atoms with E-state index in [-0.39, 0.29) is 13.0 Å². The van der Waals surface area contributed by atoms with E-state index < -0.39 is 42.6 Å². The molecule has 0 aromatic carbocycles. The lowest BCUT2D eigenvalue weighted by molar-refractivity contribution is -0.291. The van der Waals surface area contributed by atoms with Crippen molar-refractivity contribution in [1.82, 2.24) is 0 Å². The van der Waals surface area contributed by atoms with Crippen LogP contribution in [0, 0.1) is 0 Å². The van der Waals surface area contributed by atoms with Gasteiger partial charge < -0.3 is 29.5 Å². The second-order valence-electron chi connectivity index (χ2n) is 4.55. The largest absolute Gasteiger partial charge is 0.463 e. The molecule has 116 valence electrons. The third-order valence-corrected chi connectivity index (χ3v) is 2.84. The van der Waals surface area contributed by atoms with Crippen LogP contribution in [-0.4, -0.2) is 64.6 Å². The Morgan fingerprint density at radius 2 is 1.85 bits per heavy atom. The van der Waals surface area contributed by atoms with Crippen molar-refractivity contribution >= 4 is 11.9 Å². The van der Waals surface area contributed by atoms with Crippen LogP contribution in [0.25, 0.3) is 0 Å². The number of hydrogen-bond donors (Lipinski definition) is 3. The third-order valence-electron chi connectivity index (χ3n) is 2.84. The van der Waals surface area contributed by atoms with Crippen LogP contribution in [-0.2, 0) is 23.8 Å². The molecule has 0 aromatic rings. The fourth-order valence-electron chi connectivity index (χ4n) is 1.80. The van der Waals surface area contributed by atoms with Crippen molar-refractivity contribution < 1.29 is 39.1 Å². The fourth-order valence-corrected chi connectivity index (χ4v) is 1.80.